The predicted molar refractivity (Wildman–Crippen MR) is 33.6 cm³/mol. The molecule has 4 heteroatoms. The van der Waals surface area contributed by atoms with Crippen LogP contribution in [0.25, 0.3) is 0 Å². The fourth-order valence-corrected chi connectivity index (χ4v) is 0.671. The van der Waals surface area contributed by atoms with Gasteiger partial charge < -0.3 is 4.55 Å². The molecule has 2 unspecified atom stereocenters. The summed E-state index contributed by atoms with van der Waals surface area (Å²) in [5.41, 5.74) is 0. The van der Waals surface area contributed by atoms with Crippen molar-refractivity contribution in [3.8, 4) is 0 Å². The summed E-state index contributed by atoms with van der Waals surface area (Å²) in [7, 11) is 0. The first kappa shape index (κ1) is 8.07. The quantitative estimate of drug-likeness (QED) is 0.620. The summed E-state index contributed by atoms with van der Waals surface area (Å²) in [5.74, 6) is 0. The Bertz CT molecular complexity index is 86.1. The molecule has 0 aromatic carbocycles. The summed E-state index contributed by atoms with van der Waals surface area (Å²) in [5, 5.41) is 0. The van der Waals surface area contributed by atoms with Crippen LogP contribution in [0.1, 0.15) is 20.3 Å². The van der Waals surface area contributed by atoms with Gasteiger partial charge >= 0.3 is 0 Å². The fourth-order valence-electron chi connectivity index (χ4n) is 0.224. The molecule has 0 amide bonds. The minimum absolute atomic E-state index is 0.000772. The molecular formula is C4H11NO2S. The van der Waals surface area contributed by atoms with Gasteiger partial charge in [-0.05, 0) is 13.3 Å². The minimum Gasteiger partial charge on any atom is -0.300 e. The van der Waals surface area contributed by atoms with Gasteiger partial charge in [0.2, 0.25) is 0 Å². The lowest BCUT2D eigenvalue weighted by Gasteiger charge is -2.05. The van der Waals surface area contributed by atoms with Gasteiger partial charge in [-0.2, -0.15) is 0 Å². The molecule has 0 radical (unpaired) electrons. The van der Waals surface area contributed by atoms with Crippen molar-refractivity contribution in [1.82, 2.24) is 0 Å². The molecule has 0 heterocycles. The molecule has 0 aliphatic carbocycles. The highest BCUT2D eigenvalue weighted by atomic mass is 32.2. The van der Waals surface area contributed by atoms with Gasteiger partial charge in [0, 0.05) is 0 Å². The van der Waals surface area contributed by atoms with Gasteiger partial charge in [-0.25, -0.2) is 4.78 Å². The Balaban J connectivity index is 3.24. The van der Waals surface area contributed by atoms with Crippen LogP contribution in [0.5, 0.6) is 0 Å². The van der Waals surface area contributed by atoms with E-state index in [1.165, 1.54) is 0 Å². The van der Waals surface area contributed by atoms with Crippen molar-refractivity contribution in [1.29, 1.82) is 4.78 Å². The summed E-state index contributed by atoms with van der Waals surface area (Å²) in [4.78, 5) is 0. The van der Waals surface area contributed by atoms with Gasteiger partial charge in [0.25, 0.3) is 0 Å². The van der Waals surface area contributed by atoms with Gasteiger partial charge in [-0.1, -0.05) is 6.92 Å². The van der Waals surface area contributed by atoms with Crippen molar-refractivity contribution in [2.45, 2.75) is 26.4 Å². The zero-order valence-corrected chi connectivity index (χ0v) is 5.86. The molecule has 0 spiro atoms. The van der Waals surface area contributed by atoms with Crippen LogP contribution >= 0.6 is 0 Å². The van der Waals surface area contributed by atoms with Crippen LogP contribution < -0.4 is 0 Å². The second kappa shape index (κ2) is 4.00. The molecule has 3 nitrogen and oxygen atoms in total. The van der Waals surface area contributed by atoms with Crippen molar-refractivity contribution < 1.29 is 8.74 Å². The van der Waals surface area contributed by atoms with Gasteiger partial charge in [0.1, 0.15) is 0 Å². The van der Waals surface area contributed by atoms with Crippen LogP contribution in [0, 0.1) is 4.78 Å². The molecule has 0 saturated carbocycles. The Morgan fingerprint density at radius 3 is 2.50 bits per heavy atom. The maximum atomic E-state index is 8.33. The summed E-state index contributed by atoms with van der Waals surface area (Å²) >= 11 is -1.60. The van der Waals surface area contributed by atoms with E-state index in [1.807, 2.05) is 13.8 Å². The highest BCUT2D eigenvalue weighted by Crippen LogP contribution is 1.96. The third-order valence-electron chi connectivity index (χ3n) is 0.830. The first-order valence-corrected chi connectivity index (χ1v) is 3.59. The standard InChI is InChI=1S/C4H11NO2S/c1-3-4(2)7-8(5)6/h4H,3H2,1-2H3,(H2,5,6). The number of hydrogen-bond donors (Lipinski definition) is 2. The van der Waals surface area contributed by atoms with Crippen LogP contribution in [0.3, 0.4) is 0 Å². The van der Waals surface area contributed by atoms with Crippen LogP contribution in [0.15, 0.2) is 0 Å². The van der Waals surface area contributed by atoms with E-state index in [0.717, 1.165) is 6.42 Å². The van der Waals surface area contributed by atoms with Crippen LogP contribution in [-0.2, 0) is 15.4 Å². The average Bonchev–Trinajstić information content (AvgIpc) is 1.65. The summed E-state index contributed by atoms with van der Waals surface area (Å²) in [6.45, 7) is 3.77. The molecule has 2 atom stereocenters. The highest BCUT2D eigenvalue weighted by Gasteiger charge is 1.97. The smallest absolute Gasteiger partial charge is 0.171 e. The lowest BCUT2D eigenvalue weighted by Crippen LogP contribution is -2.06. The van der Waals surface area contributed by atoms with E-state index in [1.54, 1.807) is 0 Å². The fraction of sp³-hybridized carbons (Fsp3) is 1.00. The van der Waals surface area contributed by atoms with Crippen molar-refractivity contribution in [3.63, 3.8) is 0 Å². The molecule has 0 aromatic rings. The third kappa shape index (κ3) is 4.23. The molecule has 8 heavy (non-hydrogen) atoms. The maximum absolute atomic E-state index is 8.33. The predicted octanol–water partition coefficient (Wildman–Crippen LogP) is 1.57. The van der Waals surface area contributed by atoms with Crippen molar-refractivity contribution in [3.05, 3.63) is 0 Å². The Labute approximate surface area is 52.0 Å². The number of hydrogen-bond acceptors (Lipinski definition) is 2. The first-order valence-electron chi connectivity index (χ1n) is 2.48. The Kier molecular flexibility index (Phi) is 4.03. The molecule has 0 aliphatic heterocycles. The van der Waals surface area contributed by atoms with Crippen LogP contribution in [0.2, 0.25) is 0 Å². The monoisotopic (exact) mass is 137 g/mol. The van der Waals surface area contributed by atoms with Gasteiger partial charge in [0.05, 0.1) is 6.10 Å². The molecule has 0 rings (SSSR count). The largest absolute Gasteiger partial charge is 0.300 e. The van der Waals surface area contributed by atoms with Crippen LogP contribution in [0.4, 0.5) is 0 Å². The minimum atomic E-state index is -1.60. The summed E-state index contributed by atoms with van der Waals surface area (Å²) in [6.07, 6.45) is 0.837. The van der Waals surface area contributed by atoms with E-state index in [4.69, 9.17) is 9.33 Å². The van der Waals surface area contributed by atoms with Gasteiger partial charge in [-0.15, -0.1) is 0 Å². The summed E-state index contributed by atoms with van der Waals surface area (Å²) in [6, 6.07) is 0. The second-order valence-electron chi connectivity index (χ2n) is 1.56. The molecule has 50 valence electrons. The zero-order valence-electron chi connectivity index (χ0n) is 5.05. The first-order chi connectivity index (χ1) is 3.66. The van der Waals surface area contributed by atoms with E-state index < -0.39 is 11.3 Å². The molecule has 0 aromatic heterocycles. The van der Waals surface area contributed by atoms with E-state index in [-0.39, 0.29) is 6.10 Å². The second-order valence-corrected chi connectivity index (χ2v) is 2.26. The SMILES string of the molecule is CCC(C)OS(=N)O. The normalized spacial score (nSPS) is 17.9. The van der Waals surface area contributed by atoms with E-state index in [9.17, 15) is 0 Å². The highest BCUT2D eigenvalue weighted by molar-refractivity contribution is 7.75. The van der Waals surface area contributed by atoms with E-state index in [0.29, 0.717) is 0 Å². The lowest BCUT2D eigenvalue weighted by atomic mass is 10.3. The van der Waals surface area contributed by atoms with Crippen molar-refractivity contribution in [2.24, 2.45) is 0 Å². The molecule has 2 N–H and O–H groups in total. The Hall–Kier alpha value is 0.0700. The molecule has 0 fully saturated rings. The molecule has 0 aliphatic rings. The zero-order chi connectivity index (χ0) is 6.57. The maximum Gasteiger partial charge on any atom is 0.171 e. The number of nitrogens with one attached hydrogen (secondary N) is 1. The topological polar surface area (TPSA) is 53.3 Å². The van der Waals surface area contributed by atoms with E-state index in [2.05, 4.69) is 4.18 Å². The Morgan fingerprint density at radius 2 is 2.38 bits per heavy atom. The van der Waals surface area contributed by atoms with Gasteiger partial charge in [0.15, 0.2) is 11.3 Å². The average molecular weight is 137 g/mol. The van der Waals surface area contributed by atoms with Crippen LogP contribution in [-0.4, -0.2) is 10.7 Å². The molecular weight excluding hydrogens is 126 g/mol. The van der Waals surface area contributed by atoms with E-state index >= 15 is 0 Å². The number of rotatable bonds is 3. The third-order valence-corrected chi connectivity index (χ3v) is 1.34. The lowest BCUT2D eigenvalue weighted by molar-refractivity contribution is 0.231. The van der Waals surface area contributed by atoms with Crippen molar-refractivity contribution >= 4 is 11.3 Å². The Morgan fingerprint density at radius 1 is 1.88 bits per heavy atom. The summed E-state index contributed by atoms with van der Waals surface area (Å²) < 4.78 is 19.5. The molecule has 0 bridgehead atoms. The molecule has 0 saturated heterocycles. The van der Waals surface area contributed by atoms with Gasteiger partial charge in [-0.3, -0.25) is 4.18 Å². The van der Waals surface area contributed by atoms with Crippen molar-refractivity contribution in [2.75, 3.05) is 0 Å².